The summed E-state index contributed by atoms with van der Waals surface area (Å²) < 4.78 is 63.9. The fraction of sp³-hybridized carbons (Fsp3) is 0. The summed E-state index contributed by atoms with van der Waals surface area (Å²) in [7, 11) is -9.15. The molecule has 0 aliphatic rings. The van der Waals surface area contributed by atoms with Crippen LogP contribution in [0.1, 0.15) is 11.1 Å². The Morgan fingerprint density at radius 3 is 1.33 bits per heavy atom. The quantitative estimate of drug-likeness (QED) is 0.343. The summed E-state index contributed by atoms with van der Waals surface area (Å²) in [5.41, 5.74) is 11.0. The Labute approximate surface area is 138 Å². The highest BCUT2D eigenvalue weighted by Gasteiger charge is 2.16. The number of hydrogen-bond donors (Lipinski definition) is 4. The Kier molecular flexibility index (Phi) is 4.54. The van der Waals surface area contributed by atoms with Crippen LogP contribution in [0, 0.1) is 11.8 Å². The molecule has 6 N–H and O–H groups in total. The highest BCUT2D eigenvalue weighted by molar-refractivity contribution is 7.86. The van der Waals surface area contributed by atoms with Gasteiger partial charge in [-0.05, 0) is 36.4 Å². The molecule has 0 aliphatic heterocycles. The molecular formula is C14H12N2O6S2. The zero-order valence-corrected chi connectivity index (χ0v) is 13.6. The molecule has 0 aliphatic carbocycles. The molecule has 0 saturated carbocycles. The van der Waals surface area contributed by atoms with E-state index in [1.807, 2.05) is 0 Å². The Balaban J connectivity index is 2.65. The number of benzene rings is 2. The zero-order chi connectivity index (χ0) is 18.1. The van der Waals surface area contributed by atoms with Gasteiger partial charge in [0.05, 0.1) is 0 Å². The van der Waals surface area contributed by atoms with E-state index < -0.39 is 30.0 Å². The van der Waals surface area contributed by atoms with Crippen molar-refractivity contribution in [1.82, 2.24) is 0 Å². The van der Waals surface area contributed by atoms with Gasteiger partial charge in [0.25, 0.3) is 20.2 Å². The summed E-state index contributed by atoms with van der Waals surface area (Å²) in [5, 5.41) is 0. The molecule has 0 saturated heterocycles. The summed E-state index contributed by atoms with van der Waals surface area (Å²) in [6.45, 7) is 0. The summed E-state index contributed by atoms with van der Waals surface area (Å²) in [4.78, 5) is -1.03. The Morgan fingerprint density at radius 2 is 1.04 bits per heavy atom. The normalized spacial score (nSPS) is 11.6. The highest BCUT2D eigenvalue weighted by Crippen LogP contribution is 2.20. The lowest BCUT2D eigenvalue weighted by molar-refractivity contribution is 0.480. The van der Waals surface area contributed by atoms with Crippen LogP contribution < -0.4 is 11.5 Å². The molecule has 0 radical (unpaired) electrons. The molecule has 24 heavy (non-hydrogen) atoms. The van der Waals surface area contributed by atoms with Gasteiger partial charge < -0.3 is 11.5 Å². The van der Waals surface area contributed by atoms with Crippen LogP contribution in [0.3, 0.4) is 0 Å². The monoisotopic (exact) mass is 368 g/mol. The molecular weight excluding hydrogens is 356 g/mol. The van der Waals surface area contributed by atoms with Crippen LogP contribution in [-0.2, 0) is 20.2 Å². The topological polar surface area (TPSA) is 161 Å². The first-order valence-electron chi connectivity index (χ1n) is 6.24. The molecule has 10 heteroatoms. The van der Waals surface area contributed by atoms with Crippen LogP contribution >= 0.6 is 0 Å². The van der Waals surface area contributed by atoms with Gasteiger partial charge in [-0.2, -0.15) is 16.8 Å². The first kappa shape index (κ1) is 17.8. The van der Waals surface area contributed by atoms with Crippen LogP contribution in [0.5, 0.6) is 0 Å². The second kappa shape index (κ2) is 6.14. The third-order valence-electron chi connectivity index (χ3n) is 2.90. The Hall–Kier alpha value is -2.58. The van der Waals surface area contributed by atoms with Crippen LogP contribution in [0.2, 0.25) is 0 Å². The largest absolute Gasteiger partial charge is 0.399 e. The van der Waals surface area contributed by atoms with E-state index in [0.717, 1.165) is 12.1 Å². The second-order valence-electron chi connectivity index (χ2n) is 4.71. The SMILES string of the molecule is Nc1ccc(C#Cc2ccc(N)cc2S(=O)(=O)O)c(S(=O)(=O)O)c1. The Bertz CT molecular complexity index is 994. The highest BCUT2D eigenvalue weighted by atomic mass is 32.2. The predicted molar refractivity (Wildman–Crippen MR) is 87.3 cm³/mol. The fourth-order valence-electron chi connectivity index (χ4n) is 1.85. The van der Waals surface area contributed by atoms with Crippen molar-refractivity contribution in [1.29, 1.82) is 0 Å². The molecule has 0 atom stereocenters. The molecule has 0 spiro atoms. The van der Waals surface area contributed by atoms with E-state index in [9.17, 15) is 25.9 Å². The summed E-state index contributed by atoms with van der Waals surface area (Å²) in [5.74, 6) is 4.87. The fourth-order valence-corrected chi connectivity index (χ4v) is 3.21. The van der Waals surface area contributed by atoms with Gasteiger partial charge in [-0.1, -0.05) is 11.8 Å². The maximum absolute atomic E-state index is 11.4. The number of anilines is 2. The van der Waals surface area contributed by atoms with Gasteiger partial charge in [-0.3, -0.25) is 9.11 Å². The minimum Gasteiger partial charge on any atom is -0.399 e. The number of hydrogen-bond acceptors (Lipinski definition) is 6. The molecule has 2 aromatic carbocycles. The minimum atomic E-state index is -4.58. The van der Waals surface area contributed by atoms with E-state index in [4.69, 9.17) is 11.5 Å². The first-order valence-corrected chi connectivity index (χ1v) is 9.12. The van der Waals surface area contributed by atoms with Crippen molar-refractivity contribution in [3.05, 3.63) is 47.5 Å². The molecule has 0 aromatic heterocycles. The van der Waals surface area contributed by atoms with Gasteiger partial charge in [0.15, 0.2) is 0 Å². The van der Waals surface area contributed by atoms with Crippen molar-refractivity contribution in [3.8, 4) is 11.8 Å². The first-order chi connectivity index (χ1) is 11.0. The maximum Gasteiger partial charge on any atom is 0.295 e. The zero-order valence-electron chi connectivity index (χ0n) is 12.0. The van der Waals surface area contributed by atoms with Crippen molar-refractivity contribution in [2.24, 2.45) is 0 Å². The van der Waals surface area contributed by atoms with Gasteiger partial charge >= 0.3 is 0 Å². The Morgan fingerprint density at radius 1 is 0.708 bits per heavy atom. The van der Waals surface area contributed by atoms with E-state index in [2.05, 4.69) is 11.8 Å². The van der Waals surface area contributed by atoms with E-state index >= 15 is 0 Å². The predicted octanol–water partition coefficient (Wildman–Crippen LogP) is 0.744. The maximum atomic E-state index is 11.4. The lowest BCUT2D eigenvalue weighted by Crippen LogP contribution is -2.03. The van der Waals surface area contributed by atoms with Crippen molar-refractivity contribution in [2.75, 3.05) is 11.5 Å². The average Bonchev–Trinajstić information content (AvgIpc) is 2.45. The van der Waals surface area contributed by atoms with Crippen LogP contribution in [-0.4, -0.2) is 25.9 Å². The van der Waals surface area contributed by atoms with E-state index in [1.165, 1.54) is 24.3 Å². The number of nitrogens with two attached hydrogens (primary N) is 2. The lowest BCUT2D eigenvalue weighted by Gasteiger charge is -2.04. The standard InChI is InChI=1S/C14H12N2O6S2/c15-11-5-3-9(13(7-11)23(17,18)19)1-2-10-4-6-12(16)8-14(10)24(20,21)22/h3-8H,15-16H2,(H,17,18,19)(H,20,21,22). The third kappa shape index (κ3) is 4.03. The second-order valence-corrected chi connectivity index (χ2v) is 7.49. The van der Waals surface area contributed by atoms with Crippen molar-refractivity contribution < 1.29 is 25.9 Å². The molecule has 8 nitrogen and oxygen atoms in total. The molecule has 0 heterocycles. The molecule has 0 amide bonds. The van der Waals surface area contributed by atoms with Crippen LogP contribution in [0.4, 0.5) is 11.4 Å². The van der Waals surface area contributed by atoms with Crippen LogP contribution in [0.15, 0.2) is 46.2 Å². The lowest BCUT2D eigenvalue weighted by atomic mass is 10.1. The molecule has 2 rings (SSSR count). The number of rotatable bonds is 2. The van der Waals surface area contributed by atoms with E-state index in [1.54, 1.807) is 0 Å². The van der Waals surface area contributed by atoms with Gasteiger partial charge in [0.2, 0.25) is 0 Å². The summed E-state index contributed by atoms with van der Waals surface area (Å²) in [6.07, 6.45) is 0. The van der Waals surface area contributed by atoms with E-state index in [-0.39, 0.29) is 22.5 Å². The van der Waals surface area contributed by atoms with Crippen molar-refractivity contribution in [2.45, 2.75) is 9.79 Å². The average molecular weight is 368 g/mol. The molecule has 2 aromatic rings. The van der Waals surface area contributed by atoms with Crippen molar-refractivity contribution in [3.63, 3.8) is 0 Å². The summed E-state index contributed by atoms with van der Waals surface area (Å²) in [6, 6.07) is 7.29. The molecule has 0 unspecified atom stereocenters. The smallest absolute Gasteiger partial charge is 0.295 e. The number of nitrogen functional groups attached to an aromatic ring is 2. The van der Waals surface area contributed by atoms with Gasteiger partial charge in [-0.15, -0.1) is 0 Å². The van der Waals surface area contributed by atoms with E-state index in [0.29, 0.717) is 0 Å². The molecule has 0 fully saturated rings. The summed E-state index contributed by atoms with van der Waals surface area (Å²) >= 11 is 0. The van der Waals surface area contributed by atoms with Crippen LogP contribution in [0.25, 0.3) is 0 Å². The molecule has 0 bridgehead atoms. The molecule has 126 valence electrons. The minimum absolute atomic E-state index is 0.0928. The van der Waals surface area contributed by atoms with Crippen molar-refractivity contribution >= 4 is 31.6 Å². The van der Waals surface area contributed by atoms with Gasteiger partial charge in [0.1, 0.15) is 9.79 Å². The van der Waals surface area contributed by atoms with Gasteiger partial charge in [0, 0.05) is 22.5 Å². The third-order valence-corrected chi connectivity index (χ3v) is 4.69. The van der Waals surface area contributed by atoms with Gasteiger partial charge in [-0.25, -0.2) is 0 Å².